The first-order chi connectivity index (χ1) is 11.1. The molecule has 0 fully saturated rings. The van der Waals surface area contributed by atoms with Gasteiger partial charge >= 0.3 is 6.09 Å². The van der Waals surface area contributed by atoms with Crippen LogP contribution in [0, 0.1) is 0 Å². The SMILES string of the molecule is CC(NC(=O)C(Cc1ccccc1)NC(=O)OC(C)(C)C)C(N)=O. The van der Waals surface area contributed by atoms with Crippen molar-refractivity contribution in [2.45, 2.75) is 51.8 Å². The summed E-state index contributed by atoms with van der Waals surface area (Å²) in [5.74, 6) is -1.16. The zero-order valence-electron chi connectivity index (χ0n) is 14.5. The standard InChI is InChI=1S/C17H25N3O4/c1-11(14(18)21)19-15(22)13(10-12-8-6-5-7-9-12)20-16(23)24-17(2,3)4/h5-9,11,13H,10H2,1-4H3,(H2,18,21)(H,19,22)(H,20,23). The molecule has 4 N–H and O–H groups in total. The second-order valence-corrected chi connectivity index (χ2v) is 6.52. The van der Waals surface area contributed by atoms with Gasteiger partial charge in [-0.2, -0.15) is 0 Å². The summed E-state index contributed by atoms with van der Waals surface area (Å²) >= 11 is 0. The molecule has 7 heteroatoms. The van der Waals surface area contributed by atoms with Crippen LogP contribution in [0.4, 0.5) is 4.79 Å². The summed E-state index contributed by atoms with van der Waals surface area (Å²) in [5.41, 5.74) is 5.34. The molecule has 1 aromatic rings. The maximum Gasteiger partial charge on any atom is 0.408 e. The molecule has 2 unspecified atom stereocenters. The quantitative estimate of drug-likeness (QED) is 0.723. The molecule has 0 saturated carbocycles. The number of carbonyl (C=O) groups excluding carboxylic acids is 3. The minimum absolute atomic E-state index is 0.261. The zero-order chi connectivity index (χ0) is 18.3. The van der Waals surface area contributed by atoms with Gasteiger partial charge in [-0.3, -0.25) is 9.59 Å². The van der Waals surface area contributed by atoms with Crippen molar-refractivity contribution >= 4 is 17.9 Å². The second kappa shape index (κ2) is 8.33. The van der Waals surface area contributed by atoms with Crippen LogP contribution >= 0.6 is 0 Å². The van der Waals surface area contributed by atoms with Gasteiger partial charge in [-0.15, -0.1) is 0 Å². The highest BCUT2D eigenvalue weighted by atomic mass is 16.6. The number of primary amides is 1. The van der Waals surface area contributed by atoms with Crippen LogP contribution in [-0.2, 0) is 20.7 Å². The Labute approximate surface area is 141 Å². The van der Waals surface area contributed by atoms with Gasteiger partial charge in [0.2, 0.25) is 11.8 Å². The van der Waals surface area contributed by atoms with Crippen LogP contribution < -0.4 is 16.4 Å². The van der Waals surface area contributed by atoms with E-state index < -0.39 is 35.6 Å². The first-order valence-corrected chi connectivity index (χ1v) is 7.71. The molecule has 24 heavy (non-hydrogen) atoms. The fourth-order valence-corrected chi connectivity index (χ4v) is 1.89. The van der Waals surface area contributed by atoms with E-state index in [1.54, 1.807) is 20.8 Å². The van der Waals surface area contributed by atoms with Gasteiger partial charge in [0, 0.05) is 6.42 Å². The smallest absolute Gasteiger partial charge is 0.408 e. The van der Waals surface area contributed by atoms with Crippen molar-refractivity contribution in [3.8, 4) is 0 Å². The number of benzene rings is 1. The highest BCUT2D eigenvalue weighted by Crippen LogP contribution is 2.09. The summed E-state index contributed by atoms with van der Waals surface area (Å²) in [4.78, 5) is 35.5. The van der Waals surface area contributed by atoms with Crippen molar-refractivity contribution in [3.05, 3.63) is 35.9 Å². The van der Waals surface area contributed by atoms with Crippen LogP contribution in [0.3, 0.4) is 0 Å². The van der Waals surface area contributed by atoms with Crippen LogP contribution in [0.15, 0.2) is 30.3 Å². The van der Waals surface area contributed by atoms with E-state index in [2.05, 4.69) is 10.6 Å². The molecule has 0 aliphatic heterocycles. The summed E-state index contributed by atoms with van der Waals surface area (Å²) in [6.45, 7) is 6.67. The Morgan fingerprint density at radius 3 is 2.21 bits per heavy atom. The monoisotopic (exact) mass is 335 g/mol. The molecular formula is C17H25N3O4. The van der Waals surface area contributed by atoms with E-state index in [1.165, 1.54) is 6.92 Å². The first-order valence-electron chi connectivity index (χ1n) is 7.71. The molecule has 1 aromatic carbocycles. The zero-order valence-corrected chi connectivity index (χ0v) is 14.5. The molecule has 3 amide bonds. The van der Waals surface area contributed by atoms with E-state index in [9.17, 15) is 14.4 Å². The Morgan fingerprint density at radius 1 is 1.12 bits per heavy atom. The Hall–Kier alpha value is -2.57. The van der Waals surface area contributed by atoms with Crippen molar-refractivity contribution in [1.82, 2.24) is 10.6 Å². The molecule has 7 nitrogen and oxygen atoms in total. The number of carbonyl (C=O) groups is 3. The van der Waals surface area contributed by atoms with Gasteiger partial charge in [0.1, 0.15) is 17.7 Å². The number of nitrogens with one attached hydrogen (secondary N) is 2. The number of amides is 3. The fraction of sp³-hybridized carbons (Fsp3) is 0.471. The van der Waals surface area contributed by atoms with Gasteiger partial charge in [0.15, 0.2) is 0 Å². The van der Waals surface area contributed by atoms with Gasteiger partial charge in [-0.25, -0.2) is 4.79 Å². The van der Waals surface area contributed by atoms with E-state index in [0.717, 1.165) is 5.56 Å². The average molecular weight is 335 g/mol. The molecule has 1 rings (SSSR count). The van der Waals surface area contributed by atoms with E-state index in [4.69, 9.17) is 10.5 Å². The minimum Gasteiger partial charge on any atom is -0.444 e. The second-order valence-electron chi connectivity index (χ2n) is 6.52. The number of hydrogen-bond donors (Lipinski definition) is 3. The molecule has 0 heterocycles. The Bertz CT molecular complexity index is 581. The van der Waals surface area contributed by atoms with Gasteiger partial charge in [-0.05, 0) is 33.3 Å². The molecule has 132 valence electrons. The molecular weight excluding hydrogens is 310 g/mol. The van der Waals surface area contributed by atoms with Gasteiger partial charge in [-0.1, -0.05) is 30.3 Å². The highest BCUT2D eigenvalue weighted by molar-refractivity contribution is 5.90. The van der Waals surface area contributed by atoms with E-state index in [-0.39, 0.29) is 6.42 Å². The predicted molar refractivity (Wildman–Crippen MR) is 90.1 cm³/mol. The number of rotatable bonds is 6. The Morgan fingerprint density at radius 2 is 1.71 bits per heavy atom. The maximum absolute atomic E-state index is 12.4. The molecule has 0 spiro atoms. The molecule has 2 atom stereocenters. The predicted octanol–water partition coefficient (Wildman–Crippen LogP) is 1.11. The lowest BCUT2D eigenvalue weighted by molar-refractivity contribution is -0.128. The van der Waals surface area contributed by atoms with E-state index in [1.807, 2.05) is 30.3 Å². The molecule has 0 aliphatic carbocycles. The third-order valence-corrected chi connectivity index (χ3v) is 3.08. The fourth-order valence-electron chi connectivity index (χ4n) is 1.89. The summed E-state index contributed by atoms with van der Waals surface area (Å²) < 4.78 is 5.19. The summed E-state index contributed by atoms with van der Waals surface area (Å²) in [6, 6.07) is 7.49. The first kappa shape index (κ1) is 19.5. The van der Waals surface area contributed by atoms with Gasteiger partial charge in [0.05, 0.1) is 0 Å². The van der Waals surface area contributed by atoms with Crippen LogP contribution in [0.2, 0.25) is 0 Å². The third-order valence-electron chi connectivity index (χ3n) is 3.08. The number of nitrogens with two attached hydrogens (primary N) is 1. The van der Waals surface area contributed by atoms with Crippen molar-refractivity contribution in [3.63, 3.8) is 0 Å². The normalized spacial score (nSPS) is 13.5. The molecule has 0 saturated heterocycles. The molecule has 0 bridgehead atoms. The average Bonchev–Trinajstić information content (AvgIpc) is 2.45. The Balaban J connectivity index is 2.84. The summed E-state index contributed by atoms with van der Waals surface area (Å²) in [6.07, 6.45) is -0.442. The van der Waals surface area contributed by atoms with Gasteiger partial charge in [0.25, 0.3) is 0 Å². The number of ether oxygens (including phenoxy) is 1. The number of alkyl carbamates (subject to hydrolysis) is 1. The molecule has 0 aliphatic rings. The molecule has 0 aromatic heterocycles. The van der Waals surface area contributed by atoms with E-state index in [0.29, 0.717) is 0 Å². The van der Waals surface area contributed by atoms with Crippen LogP contribution in [0.25, 0.3) is 0 Å². The highest BCUT2D eigenvalue weighted by Gasteiger charge is 2.26. The topological polar surface area (TPSA) is 111 Å². The third kappa shape index (κ3) is 7.13. The Kier molecular flexibility index (Phi) is 6.76. The van der Waals surface area contributed by atoms with Crippen molar-refractivity contribution in [2.75, 3.05) is 0 Å². The van der Waals surface area contributed by atoms with Crippen molar-refractivity contribution < 1.29 is 19.1 Å². The van der Waals surface area contributed by atoms with Crippen molar-refractivity contribution in [2.24, 2.45) is 5.73 Å². The number of hydrogen-bond acceptors (Lipinski definition) is 4. The van der Waals surface area contributed by atoms with Gasteiger partial charge < -0.3 is 21.1 Å². The van der Waals surface area contributed by atoms with Crippen LogP contribution in [0.1, 0.15) is 33.3 Å². The van der Waals surface area contributed by atoms with Crippen LogP contribution in [0.5, 0.6) is 0 Å². The summed E-state index contributed by atoms with van der Waals surface area (Å²) in [5, 5.41) is 5.02. The minimum atomic E-state index is -0.885. The summed E-state index contributed by atoms with van der Waals surface area (Å²) in [7, 11) is 0. The van der Waals surface area contributed by atoms with Crippen molar-refractivity contribution in [1.29, 1.82) is 0 Å². The molecule has 0 radical (unpaired) electrons. The lowest BCUT2D eigenvalue weighted by Crippen LogP contribution is -2.53. The van der Waals surface area contributed by atoms with E-state index >= 15 is 0 Å². The van der Waals surface area contributed by atoms with Crippen LogP contribution in [-0.4, -0.2) is 35.6 Å². The lowest BCUT2D eigenvalue weighted by Gasteiger charge is -2.24. The maximum atomic E-state index is 12.4. The lowest BCUT2D eigenvalue weighted by atomic mass is 10.1. The largest absolute Gasteiger partial charge is 0.444 e.